The van der Waals surface area contributed by atoms with Crippen molar-refractivity contribution >= 4 is 46.7 Å². The standard InChI is InChI=1S/C11H10Cl3N/c1-9-5-2-3-6-10(9)15-8-4-7-11(12,13)14/h2-8H,1H3/b7-4-,15-8+. The fourth-order valence-electron chi connectivity index (χ4n) is 0.984. The number of halogens is 3. The number of hydrogen-bond acceptors (Lipinski definition) is 1. The van der Waals surface area contributed by atoms with Gasteiger partial charge in [0.25, 0.3) is 0 Å². The number of alkyl halides is 3. The molecule has 0 N–H and O–H groups in total. The van der Waals surface area contributed by atoms with E-state index in [9.17, 15) is 0 Å². The first-order chi connectivity index (χ1) is 6.99. The predicted octanol–water partition coefficient (Wildman–Crippen LogP) is 4.62. The Hall–Kier alpha value is -0.500. The molecule has 0 aromatic heterocycles. The Labute approximate surface area is 104 Å². The minimum Gasteiger partial charge on any atom is -0.257 e. The Kier molecular flexibility index (Phi) is 4.65. The van der Waals surface area contributed by atoms with E-state index >= 15 is 0 Å². The lowest BCUT2D eigenvalue weighted by molar-refractivity contribution is 1.40. The first-order valence-electron chi connectivity index (χ1n) is 4.33. The Bertz CT molecular complexity index is 378. The molecule has 0 radical (unpaired) electrons. The fourth-order valence-corrected chi connectivity index (χ4v) is 1.20. The van der Waals surface area contributed by atoms with Crippen LogP contribution in [0.5, 0.6) is 0 Å². The van der Waals surface area contributed by atoms with Crippen molar-refractivity contribution < 1.29 is 0 Å². The van der Waals surface area contributed by atoms with Gasteiger partial charge < -0.3 is 0 Å². The number of benzene rings is 1. The average molecular weight is 263 g/mol. The summed E-state index contributed by atoms with van der Waals surface area (Å²) in [5.74, 6) is 0. The maximum absolute atomic E-state index is 5.53. The Morgan fingerprint density at radius 2 is 1.87 bits per heavy atom. The summed E-state index contributed by atoms with van der Waals surface area (Å²) in [6.45, 7) is 1.99. The van der Waals surface area contributed by atoms with Gasteiger partial charge in [0.2, 0.25) is 3.79 Å². The summed E-state index contributed by atoms with van der Waals surface area (Å²) >= 11 is 16.6. The first kappa shape index (κ1) is 12.6. The van der Waals surface area contributed by atoms with Gasteiger partial charge in [-0.3, -0.25) is 4.99 Å². The summed E-state index contributed by atoms with van der Waals surface area (Å²) in [5, 5.41) is 0. The maximum Gasteiger partial charge on any atom is 0.209 e. The number of para-hydroxylation sites is 1. The van der Waals surface area contributed by atoms with E-state index in [1.165, 1.54) is 6.08 Å². The molecule has 0 saturated heterocycles. The van der Waals surface area contributed by atoms with Crippen LogP contribution < -0.4 is 0 Å². The van der Waals surface area contributed by atoms with E-state index < -0.39 is 3.79 Å². The van der Waals surface area contributed by atoms with Gasteiger partial charge in [-0.05, 0) is 30.7 Å². The Morgan fingerprint density at radius 3 is 2.47 bits per heavy atom. The summed E-state index contributed by atoms with van der Waals surface area (Å²) in [6, 6.07) is 7.81. The van der Waals surface area contributed by atoms with E-state index in [0.717, 1.165) is 11.3 Å². The van der Waals surface area contributed by atoms with E-state index in [1.54, 1.807) is 12.3 Å². The molecule has 1 rings (SSSR count). The second-order valence-electron chi connectivity index (χ2n) is 2.97. The van der Waals surface area contributed by atoms with Crippen LogP contribution >= 0.6 is 34.8 Å². The maximum atomic E-state index is 5.53. The largest absolute Gasteiger partial charge is 0.257 e. The van der Waals surface area contributed by atoms with Crippen LogP contribution in [0.2, 0.25) is 0 Å². The molecule has 15 heavy (non-hydrogen) atoms. The number of hydrogen-bond donors (Lipinski definition) is 0. The number of rotatable bonds is 2. The monoisotopic (exact) mass is 261 g/mol. The molecule has 1 aromatic carbocycles. The zero-order valence-corrected chi connectivity index (χ0v) is 10.4. The molecule has 0 aliphatic rings. The van der Waals surface area contributed by atoms with E-state index in [4.69, 9.17) is 34.8 Å². The third kappa shape index (κ3) is 5.22. The van der Waals surface area contributed by atoms with E-state index in [2.05, 4.69) is 4.99 Å². The van der Waals surface area contributed by atoms with E-state index in [0.29, 0.717) is 0 Å². The summed E-state index contributed by atoms with van der Waals surface area (Å²) in [5.41, 5.74) is 2.02. The minimum atomic E-state index is -1.36. The van der Waals surface area contributed by atoms with Crippen LogP contribution in [0.3, 0.4) is 0 Å². The topological polar surface area (TPSA) is 12.4 Å². The summed E-state index contributed by atoms with van der Waals surface area (Å²) in [6.07, 6.45) is 4.66. The van der Waals surface area contributed by atoms with Gasteiger partial charge in [0.05, 0.1) is 5.69 Å². The summed E-state index contributed by atoms with van der Waals surface area (Å²) in [7, 11) is 0. The number of nitrogens with zero attached hydrogens (tertiary/aromatic N) is 1. The van der Waals surface area contributed by atoms with Gasteiger partial charge in [-0.15, -0.1) is 0 Å². The van der Waals surface area contributed by atoms with Crippen molar-refractivity contribution in [2.75, 3.05) is 0 Å². The smallest absolute Gasteiger partial charge is 0.209 e. The molecule has 4 heteroatoms. The molecule has 0 amide bonds. The highest BCUT2D eigenvalue weighted by Crippen LogP contribution is 2.27. The SMILES string of the molecule is Cc1ccccc1/N=C/C=C\C(Cl)(Cl)Cl. The van der Waals surface area contributed by atoms with Crippen LogP contribution in [0.25, 0.3) is 0 Å². The predicted molar refractivity (Wildman–Crippen MR) is 68.8 cm³/mol. The first-order valence-corrected chi connectivity index (χ1v) is 5.47. The quantitative estimate of drug-likeness (QED) is 0.544. The second-order valence-corrected chi connectivity index (χ2v) is 5.33. The molecular formula is C11H10Cl3N. The van der Waals surface area contributed by atoms with E-state index in [-0.39, 0.29) is 0 Å². The summed E-state index contributed by atoms with van der Waals surface area (Å²) < 4.78 is -1.36. The lowest BCUT2D eigenvalue weighted by atomic mass is 10.2. The molecule has 0 unspecified atom stereocenters. The molecule has 0 spiro atoms. The zero-order chi connectivity index (χ0) is 11.3. The second kappa shape index (κ2) is 5.55. The van der Waals surface area contributed by atoms with Crippen molar-refractivity contribution in [3.8, 4) is 0 Å². The van der Waals surface area contributed by atoms with Crippen molar-refractivity contribution in [2.24, 2.45) is 4.99 Å². The van der Waals surface area contributed by atoms with Crippen LogP contribution in [-0.4, -0.2) is 10.0 Å². The van der Waals surface area contributed by atoms with Gasteiger partial charge in [0, 0.05) is 6.21 Å². The molecule has 0 bridgehead atoms. The number of allylic oxidation sites excluding steroid dienone is 2. The van der Waals surface area contributed by atoms with Crippen LogP contribution in [0.4, 0.5) is 5.69 Å². The van der Waals surface area contributed by atoms with Crippen molar-refractivity contribution in [3.63, 3.8) is 0 Å². The Balaban J connectivity index is 2.67. The highest BCUT2D eigenvalue weighted by molar-refractivity contribution is 6.69. The van der Waals surface area contributed by atoms with Crippen molar-refractivity contribution in [2.45, 2.75) is 10.7 Å². The molecule has 80 valence electrons. The third-order valence-corrected chi connectivity index (χ3v) is 2.08. The molecule has 0 atom stereocenters. The highest BCUT2D eigenvalue weighted by Gasteiger charge is 2.12. The Morgan fingerprint density at radius 1 is 1.20 bits per heavy atom. The van der Waals surface area contributed by atoms with E-state index in [1.807, 2.05) is 31.2 Å². The van der Waals surface area contributed by atoms with Crippen LogP contribution in [0.1, 0.15) is 5.56 Å². The van der Waals surface area contributed by atoms with Gasteiger partial charge in [0.15, 0.2) is 0 Å². The summed E-state index contributed by atoms with van der Waals surface area (Å²) in [4.78, 5) is 4.22. The molecule has 0 saturated carbocycles. The molecule has 0 fully saturated rings. The molecule has 0 aliphatic heterocycles. The third-order valence-electron chi connectivity index (χ3n) is 1.70. The average Bonchev–Trinajstić information content (AvgIpc) is 2.13. The lowest BCUT2D eigenvalue weighted by Crippen LogP contribution is -1.93. The van der Waals surface area contributed by atoms with Gasteiger partial charge in [-0.25, -0.2) is 0 Å². The molecule has 0 aliphatic carbocycles. The zero-order valence-electron chi connectivity index (χ0n) is 8.12. The van der Waals surface area contributed by atoms with Gasteiger partial charge in [-0.2, -0.15) is 0 Å². The minimum absolute atomic E-state index is 0.909. The van der Waals surface area contributed by atoms with Crippen LogP contribution in [0.15, 0.2) is 41.4 Å². The van der Waals surface area contributed by atoms with Crippen LogP contribution in [0, 0.1) is 6.92 Å². The van der Waals surface area contributed by atoms with Gasteiger partial charge in [-0.1, -0.05) is 53.0 Å². The molecular weight excluding hydrogens is 252 g/mol. The van der Waals surface area contributed by atoms with Crippen molar-refractivity contribution in [1.29, 1.82) is 0 Å². The number of aryl methyl sites for hydroxylation is 1. The lowest BCUT2D eigenvalue weighted by Gasteiger charge is -2.00. The van der Waals surface area contributed by atoms with Crippen molar-refractivity contribution in [1.82, 2.24) is 0 Å². The normalized spacial score (nSPS) is 12.8. The molecule has 1 aromatic rings. The van der Waals surface area contributed by atoms with Gasteiger partial charge >= 0.3 is 0 Å². The fraction of sp³-hybridized carbons (Fsp3) is 0.182. The molecule has 0 heterocycles. The highest BCUT2D eigenvalue weighted by atomic mass is 35.6. The molecule has 1 nitrogen and oxygen atoms in total. The van der Waals surface area contributed by atoms with Gasteiger partial charge in [0.1, 0.15) is 0 Å². The van der Waals surface area contributed by atoms with Crippen LogP contribution in [-0.2, 0) is 0 Å². The number of aliphatic imine (C=N–C) groups is 1. The van der Waals surface area contributed by atoms with Crippen molar-refractivity contribution in [3.05, 3.63) is 42.0 Å².